The van der Waals surface area contributed by atoms with Crippen LogP contribution in [0.2, 0.25) is 0 Å². The van der Waals surface area contributed by atoms with Crippen molar-refractivity contribution in [3.63, 3.8) is 0 Å². The Balaban J connectivity index is 1.33. The van der Waals surface area contributed by atoms with Crippen molar-refractivity contribution in [3.8, 4) is 0 Å². The molecular formula is C24H24N6O3. The summed E-state index contributed by atoms with van der Waals surface area (Å²) < 4.78 is 1.89. The molecule has 1 aromatic carbocycles. The lowest BCUT2D eigenvalue weighted by molar-refractivity contribution is 0.0783. The first-order chi connectivity index (χ1) is 15.9. The molecule has 1 N–H and O–H groups in total. The van der Waals surface area contributed by atoms with Gasteiger partial charge in [-0.15, -0.1) is 0 Å². The highest BCUT2D eigenvalue weighted by Crippen LogP contribution is 2.41. The summed E-state index contributed by atoms with van der Waals surface area (Å²) in [6.07, 6.45) is 6.34. The van der Waals surface area contributed by atoms with E-state index in [2.05, 4.69) is 20.3 Å². The molecule has 3 aromatic rings. The van der Waals surface area contributed by atoms with Crippen LogP contribution in [0, 0.1) is 6.92 Å². The zero-order valence-corrected chi connectivity index (χ0v) is 18.3. The molecule has 33 heavy (non-hydrogen) atoms. The number of carbonyl (C=O) groups is 2. The van der Waals surface area contributed by atoms with Crippen LogP contribution < -0.4 is 10.9 Å². The average Bonchev–Trinajstić information content (AvgIpc) is 3.42. The number of fused-ring (bicyclic) bond motifs is 2. The van der Waals surface area contributed by atoms with Gasteiger partial charge in [0, 0.05) is 43.0 Å². The van der Waals surface area contributed by atoms with Gasteiger partial charge in [-0.2, -0.15) is 4.98 Å². The second-order valence-corrected chi connectivity index (χ2v) is 8.68. The van der Waals surface area contributed by atoms with Gasteiger partial charge in [-0.1, -0.05) is 18.2 Å². The fraction of sp³-hybridized carbons (Fsp3) is 0.333. The number of benzene rings is 1. The second-order valence-electron chi connectivity index (χ2n) is 8.68. The van der Waals surface area contributed by atoms with Gasteiger partial charge in [0.15, 0.2) is 0 Å². The molecule has 1 saturated heterocycles. The standard InChI is InChI=1S/C24H24N6O3/c1-16-11-26-18(12-25-16)13-27-20(31)19-14-29-9-7-24(23(29)28-21(19)32)8-10-30(15-24)22(33)17-5-3-2-4-6-17/h2-6,11-12,14H,7-10,13,15H2,1H3,(H,27,31)/t24-/m1/s1. The SMILES string of the molecule is Cc1cnc(CNC(=O)c2cn3c(nc2=O)[C@@]2(CCN(C(=O)c4ccccc4)C2)CC3)cn1. The molecule has 0 aliphatic carbocycles. The van der Waals surface area contributed by atoms with E-state index in [0.29, 0.717) is 36.7 Å². The molecule has 1 fully saturated rings. The highest BCUT2D eigenvalue weighted by atomic mass is 16.2. The van der Waals surface area contributed by atoms with Gasteiger partial charge < -0.3 is 14.8 Å². The van der Waals surface area contributed by atoms with Gasteiger partial charge in [-0.3, -0.25) is 24.4 Å². The van der Waals surface area contributed by atoms with Crippen molar-refractivity contribution in [2.24, 2.45) is 0 Å². The molecule has 5 rings (SSSR count). The Hall–Kier alpha value is -3.88. The largest absolute Gasteiger partial charge is 0.346 e. The van der Waals surface area contributed by atoms with Crippen LogP contribution in [0.15, 0.2) is 53.7 Å². The quantitative estimate of drug-likeness (QED) is 0.652. The number of likely N-dealkylation sites (tertiary alicyclic amines) is 1. The van der Waals surface area contributed by atoms with Crippen molar-refractivity contribution in [3.05, 3.63) is 87.6 Å². The summed E-state index contributed by atoms with van der Waals surface area (Å²) in [6, 6.07) is 9.21. The number of hydrogen-bond acceptors (Lipinski definition) is 6. The smallest absolute Gasteiger partial charge is 0.285 e. The molecule has 2 aliphatic rings. The lowest BCUT2D eigenvalue weighted by Gasteiger charge is -2.23. The Labute approximate surface area is 190 Å². The highest BCUT2D eigenvalue weighted by Gasteiger charge is 2.47. The molecule has 1 spiro atoms. The Morgan fingerprint density at radius 3 is 2.64 bits per heavy atom. The first-order valence-electron chi connectivity index (χ1n) is 11.0. The van der Waals surface area contributed by atoms with E-state index in [1.54, 1.807) is 18.6 Å². The number of aromatic nitrogens is 4. The zero-order valence-electron chi connectivity index (χ0n) is 18.3. The third-order valence-corrected chi connectivity index (χ3v) is 6.47. The summed E-state index contributed by atoms with van der Waals surface area (Å²) in [5, 5.41) is 2.72. The van der Waals surface area contributed by atoms with Crippen LogP contribution in [0.3, 0.4) is 0 Å². The average molecular weight is 444 g/mol. The van der Waals surface area contributed by atoms with Gasteiger partial charge in [-0.25, -0.2) is 0 Å². The number of aryl methyl sites for hydroxylation is 2. The fourth-order valence-corrected chi connectivity index (χ4v) is 4.66. The van der Waals surface area contributed by atoms with E-state index in [4.69, 9.17) is 0 Å². The molecule has 2 aromatic heterocycles. The van der Waals surface area contributed by atoms with Crippen LogP contribution in [0.5, 0.6) is 0 Å². The minimum Gasteiger partial charge on any atom is -0.346 e. The number of amides is 2. The molecule has 168 valence electrons. The van der Waals surface area contributed by atoms with Gasteiger partial charge in [0.05, 0.1) is 24.1 Å². The van der Waals surface area contributed by atoms with E-state index in [9.17, 15) is 14.4 Å². The van der Waals surface area contributed by atoms with E-state index in [1.165, 1.54) is 0 Å². The topological polar surface area (TPSA) is 110 Å². The Morgan fingerprint density at radius 1 is 1.09 bits per heavy atom. The summed E-state index contributed by atoms with van der Waals surface area (Å²) in [6.45, 7) is 3.79. The second kappa shape index (κ2) is 8.23. The Kier molecular flexibility index (Phi) is 5.24. The minimum absolute atomic E-state index is 0.00564. The Morgan fingerprint density at radius 2 is 1.88 bits per heavy atom. The molecule has 0 saturated carbocycles. The van der Waals surface area contributed by atoms with E-state index in [0.717, 1.165) is 18.5 Å². The van der Waals surface area contributed by atoms with E-state index >= 15 is 0 Å². The Bertz CT molecular complexity index is 1270. The summed E-state index contributed by atoms with van der Waals surface area (Å²) in [7, 11) is 0. The van der Waals surface area contributed by atoms with Crippen molar-refractivity contribution in [1.82, 2.24) is 29.7 Å². The number of nitrogens with zero attached hydrogens (tertiary/aromatic N) is 5. The molecule has 9 heteroatoms. The molecule has 0 bridgehead atoms. The molecule has 9 nitrogen and oxygen atoms in total. The van der Waals surface area contributed by atoms with Gasteiger partial charge in [0.2, 0.25) is 0 Å². The van der Waals surface area contributed by atoms with Crippen molar-refractivity contribution in [1.29, 1.82) is 0 Å². The number of hydrogen-bond donors (Lipinski definition) is 1. The number of nitrogens with one attached hydrogen (secondary N) is 1. The van der Waals surface area contributed by atoms with Gasteiger partial charge in [-0.05, 0) is 31.9 Å². The molecule has 2 aliphatic heterocycles. The maximum absolute atomic E-state index is 12.9. The molecule has 1 atom stereocenters. The lowest BCUT2D eigenvalue weighted by atomic mass is 9.85. The van der Waals surface area contributed by atoms with E-state index in [1.807, 2.05) is 46.7 Å². The monoisotopic (exact) mass is 444 g/mol. The molecular weight excluding hydrogens is 420 g/mol. The van der Waals surface area contributed by atoms with Crippen molar-refractivity contribution < 1.29 is 9.59 Å². The van der Waals surface area contributed by atoms with Crippen LogP contribution in [-0.4, -0.2) is 49.3 Å². The zero-order chi connectivity index (χ0) is 23.0. The van der Waals surface area contributed by atoms with Crippen molar-refractivity contribution in [2.45, 2.75) is 38.3 Å². The van der Waals surface area contributed by atoms with Crippen LogP contribution in [0.4, 0.5) is 0 Å². The van der Waals surface area contributed by atoms with Crippen LogP contribution >= 0.6 is 0 Å². The number of rotatable bonds is 4. The van der Waals surface area contributed by atoms with Gasteiger partial charge in [0.25, 0.3) is 17.4 Å². The summed E-state index contributed by atoms with van der Waals surface area (Å²) in [4.78, 5) is 52.8. The van der Waals surface area contributed by atoms with Crippen molar-refractivity contribution in [2.75, 3.05) is 13.1 Å². The highest BCUT2D eigenvalue weighted by molar-refractivity contribution is 5.94. The van der Waals surface area contributed by atoms with E-state index in [-0.39, 0.29) is 23.4 Å². The summed E-state index contributed by atoms with van der Waals surface area (Å²) in [5.74, 6) is 0.165. The van der Waals surface area contributed by atoms with Crippen LogP contribution in [0.25, 0.3) is 0 Å². The maximum atomic E-state index is 12.9. The minimum atomic E-state index is -0.553. The third kappa shape index (κ3) is 3.90. The van der Waals surface area contributed by atoms with Crippen molar-refractivity contribution >= 4 is 11.8 Å². The van der Waals surface area contributed by atoms with E-state index < -0.39 is 11.5 Å². The van der Waals surface area contributed by atoms with Crippen LogP contribution in [-0.2, 0) is 18.5 Å². The molecule has 2 amide bonds. The van der Waals surface area contributed by atoms with Gasteiger partial charge >= 0.3 is 0 Å². The lowest BCUT2D eigenvalue weighted by Crippen LogP contribution is -2.36. The van der Waals surface area contributed by atoms with Gasteiger partial charge in [0.1, 0.15) is 11.4 Å². The molecule has 0 unspecified atom stereocenters. The van der Waals surface area contributed by atoms with Crippen LogP contribution in [0.1, 0.15) is 50.8 Å². The first kappa shape index (κ1) is 21.0. The normalized spacial score (nSPS) is 19.0. The predicted molar refractivity (Wildman–Crippen MR) is 120 cm³/mol. The first-order valence-corrected chi connectivity index (χ1v) is 11.0. The molecule has 0 radical (unpaired) electrons. The summed E-state index contributed by atoms with van der Waals surface area (Å²) in [5.41, 5.74) is 1.15. The fourth-order valence-electron chi connectivity index (χ4n) is 4.66. The predicted octanol–water partition coefficient (Wildman–Crippen LogP) is 1.46. The maximum Gasteiger partial charge on any atom is 0.285 e. The third-order valence-electron chi connectivity index (χ3n) is 6.47. The number of carbonyl (C=O) groups excluding carboxylic acids is 2. The summed E-state index contributed by atoms with van der Waals surface area (Å²) >= 11 is 0. The molecule has 4 heterocycles.